The third-order valence-corrected chi connectivity index (χ3v) is 5.82. The zero-order valence-corrected chi connectivity index (χ0v) is 21.2. The molecule has 2 atom stereocenters. The molecular formula is C24H33N7O4S. The molecule has 3 amide bonds. The van der Waals surface area contributed by atoms with E-state index in [2.05, 4.69) is 26.2 Å². The first kappa shape index (κ1) is 28.9. The van der Waals surface area contributed by atoms with Crippen molar-refractivity contribution in [2.24, 2.45) is 21.7 Å². The van der Waals surface area contributed by atoms with E-state index in [4.69, 9.17) is 16.2 Å². The monoisotopic (exact) mass is 515 g/mol. The van der Waals surface area contributed by atoms with Gasteiger partial charge in [0, 0.05) is 11.3 Å². The van der Waals surface area contributed by atoms with Gasteiger partial charge in [-0.1, -0.05) is 35.4 Å². The number of urea groups is 1. The van der Waals surface area contributed by atoms with Gasteiger partial charge in [0.2, 0.25) is 5.91 Å². The summed E-state index contributed by atoms with van der Waals surface area (Å²) < 4.78 is 4.83. The van der Waals surface area contributed by atoms with Gasteiger partial charge in [0.15, 0.2) is 0 Å². The van der Waals surface area contributed by atoms with E-state index < -0.39 is 36.3 Å². The van der Waals surface area contributed by atoms with E-state index in [9.17, 15) is 14.4 Å². The third-order valence-electron chi connectivity index (χ3n) is 5.08. The average Bonchev–Trinajstić information content (AvgIpc) is 2.89. The number of hydrogen-bond acceptors (Lipinski definition) is 9. The number of thioether (sulfide) groups is 1. The standard InChI is InChI=1S/C24H33N7O4S/c1-35-22(33)19(9-6-14-27-23(25)26)28-21(32)20(15-16-7-4-3-5-8-16)29-24(34)31-30-17-10-12-18(36-2)13-11-17/h3-5,7-8,10-13,19-20,23,27H,6,9,14-15,25-26H2,1-2H3,(H,28,32)(H,29,34). The number of nitrogens with zero attached hydrogens (tertiary/aromatic N) is 2. The topological polar surface area (TPSA) is 173 Å². The summed E-state index contributed by atoms with van der Waals surface area (Å²) in [6.07, 6.45) is 2.26. The molecule has 2 aromatic carbocycles. The molecule has 0 fully saturated rings. The first-order chi connectivity index (χ1) is 17.3. The highest BCUT2D eigenvalue weighted by Gasteiger charge is 2.27. The smallest absolute Gasteiger partial charge is 0.360 e. The minimum absolute atomic E-state index is 0.188. The molecule has 0 spiro atoms. The molecule has 194 valence electrons. The van der Waals surface area contributed by atoms with Gasteiger partial charge in [-0.25, -0.2) is 9.59 Å². The summed E-state index contributed by atoms with van der Waals surface area (Å²) in [5.41, 5.74) is 12.2. The Kier molecular flexibility index (Phi) is 12.6. The Hall–Kier alpha value is -3.32. The number of nitrogens with one attached hydrogen (secondary N) is 3. The van der Waals surface area contributed by atoms with Gasteiger partial charge in [-0.3, -0.25) is 10.1 Å². The molecule has 0 saturated carbocycles. The van der Waals surface area contributed by atoms with Crippen molar-refractivity contribution in [3.63, 3.8) is 0 Å². The van der Waals surface area contributed by atoms with E-state index in [0.717, 1.165) is 10.5 Å². The SMILES string of the molecule is COC(=O)C(CCCNC(N)N)NC(=O)C(Cc1ccccc1)NC(=O)N=Nc1ccc(SC)cc1. The predicted octanol–water partition coefficient (Wildman–Crippen LogP) is 2.04. The summed E-state index contributed by atoms with van der Waals surface area (Å²) in [5, 5.41) is 15.7. The van der Waals surface area contributed by atoms with Crippen molar-refractivity contribution in [2.45, 2.75) is 42.5 Å². The van der Waals surface area contributed by atoms with Crippen molar-refractivity contribution in [3.05, 3.63) is 60.2 Å². The van der Waals surface area contributed by atoms with Crippen molar-refractivity contribution in [3.8, 4) is 0 Å². The Balaban J connectivity index is 2.10. The van der Waals surface area contributed by atoms with Crippen LogP contribution in [0.1, 0.15) is 18.4 Å². The lowest BCUT2D eigenvalue weighted by Gasteiger charge is -2.22. The molecule has 0 saturated heterocycles. The van der Waals surface area contributed by atoms with E-state index in [1.165, 1.54) is 7.11 Å². The summed E-state index contributed by atoms with van der Waals surface area (Å²) >= 11 is 1.59. The minimum Gasteiger partial charge on any atom is -0.467 e. The van der Waals surface area contributed by atoms with Crippen LogP contribution in [0.25, 0.3) is 0 Å². The molecule has 0 aliphatic carbocycles. The number of azo groups is 1. The molecular weight excluding hydrogens is 482 g/mol. The lowest BCUT2D eigenvalue weighted by molar-refractivity contribution is -0.145. The fourth-order valence-electron chi connectivity index (χ4n) is 3.23. The number of nitrogens with two attached hydrogens (primary N) is 2. The molecule has 0 heterocycles. The van der Waals surface area contributed by atoms with E-state index in [0.29, 0.717) is 18.7 Å². The van der Waals surface area contributed by atoms with Crippen molar-refractivity contribution in [1.82, 2.24) is 16.0 Å². The van der Waals surface area contributed by atoms with Crippen LogP contribution in [0.2, 0.25) is 0 Å². The third kappa shape index (κ3) is 10.5. The van der Waals surface area contributed by atoms with E-state index in [1.807, 2.05) is 48.7 Å². The number of methoxy groups -OCH3 is 1. The number of carbonyl (C=O) groups excluding carboxylic acids is 3. The Morgan fingerprint density at radius 1 is 1.00 bits per heavy atom. The average molecular weight is 516 g/mol. The molecule has 0 aliphatic heterocycles. The zero-order chi connectivity index (χ0) is 26.3. The number of benzene rings is 2. The van der Waals surface area contributed by atoms with Gasteiger partial charge < -0.3 is 26.8 Å². The normalized spacial score (nSPS) is 12.8. The Morgan fingerprint density at radius 2 is 1.69 bits per heavy atom. The Morgan fingerprint density at radius 3 is 2.31 bits per heavy atom. The number of rotatable bonds is 13. The van der Waals surface area contributed by atoms with Gasteiger partial charge in [0.1, 0.15) is 18.4 Å². The van der Waals surface area contributed by atoms with Gasteiger partial charge >= 0.3 is 12.0 Å². The van der Waals surface area contributed by atoms with Crippen LogP contribution in [0.4, 0.5) is 10.5 Å². The predicted molar refractivity (Wildman–Crippen MR) is 139 cm³/mol. The van der Waals surface area contributed by atoms with E-state index in [-0.39, 0.29) is 12.8 Å². The van der Waals surface area contributed by atoms with Gasteiger partial charge in [0.25, 0.3) is 0 Å². The van der Waals surface area contributed by atoms with Crippen LogP contribution in [0.5, 0.6) is 0 Å². The highest BCUT2D eigenvalue weighted by molar-refractivity contribution is 7.98. The van der Waals surface area contributed by atoms with Crippen molar-refractivity contribution in [2.75, 3.05) is 19.9 Å². The van der Waals surface area contributed by atoms with Crippen LogP contribution in [0, 0.1) is 0 Å². The van der Waals surface area contributed by atoms with Crippen LogP contribution in [0.3, 0.4) is 0 Å². The molecule has 0 aromatic heterocycles. The molecule has 12 heteroatoms. The fourth-order valence-corrected chi connectivity index (χ4v) is 3.64. The maximum absolute atomic E-state index is 13.1. The summed E-state index contributed by atoms with van der Waals surface area (Å²) in [6, 6.07) is 13.7. The molecule has 11 nitrogen and oxygen atoms in total. The first-order valence-corrected chi connectivity index (χ1v) is 12.6. The van der Waals surface area contributed by atoms with E-state index in [1.54, 1.807) is 23.9 Å². The molecule has 0 aliphatic rings. The van der Waals surface area contributed by atoms with Gasteiger partial charge in [-0.2, -0.15) is 0 Å². The number of ether oxygens (including phenoxy) is 1. The maximum Gasteiger partial charge on any atom is 0.360 e. The van der Waals surface area contributed by atoms with Crippen molar-refractivity contribution in [1.29, 1.82) is 0 Å². The summed E-state index contributed by atoms with van der Waals surface area (Å²) in [4.78, 5) is 39.0. The molecule has 2 rings (SSSR count). The van der Waals surface area contributed by atoms with Crippen LogP contribution in [-0.4, -0.2) is 56.2 Å². The second-order valence-corrected chi connectivity index (χ2v) is 8.68. The van der Waals surface area contributed by atoms with Gasteiger partial charge in [0.05, 0.1) is 12.8 Å². The largest absolute Gasteiger partial charge is 0.467 e. The molecule has 2 aromatic rings. The van der Waals surface area contributed by atoms with Crippen LogP contribution >= 0.6 is 11.8 Å². The lowest BCUT2D eigenvalue weighted by atomic mass is 10.0. The van der Waals surface area contributed by atoms with Gasteiger partial charge in [-0.15, -0.1) is 16.9 Å². The fraction of sp³-hybridized carbons (Fsp3) is 0.375. The van der Waals surface area contributed by atoms with Crippen LogP contribution in [0.15, 0.2) is 69.7 Å². The number of hydrogen-bond donors (Lipinski definition) is 5. The first-order valence-electron chi connectivity index (χ1n) is 11.4. The van der Waals surface area contributed by atoms with Crippen LogP contribution < -0.4 is 27.4 Å². The number of amides is 3. The number of esters is 1. The van der Waals surface area contributed by atoms with Crippen LogP contribution in [-0.2, 0) is 20.7 Å². The van der Waals surface area contributed by atoms with Gasteiger partial charge in [-0.05, 0) is 55.5 Å². The quantitative estimate of drug-likeness (QED) is 0.0886. The Bertz CT molecular complexity index is 1000. The molecule has 7 N–H and O–H groups in total. The summed E-state index contributed by atoms with van der Waals surface area (Å²) in [6.45, 7) is 0.448. The molecule has 0 bridgehead atoms. The van der Waals surface area contributed by atoms with Crippen molar-refractivity contribution < 1.29 is 19.1 Å². The lowest BCUT2D eigenvalue weighted by Crippen LogP contribution is -2.52. The highest BCUT2D eigenvalue weighted by atomic mass is 32.2. The summed E-state index contributed by atoms with van der Waals surface area (Å²) in [5.74, 6) is -1.15. The maximum atomic E-state index is 13.1. The summed E-state index contributed by atoms with van der Waals surface area (Å²) in [7, 11) is 1.24. The molecule has 2 unspecified atom stereocenters. The minimum atomic E-state index is -1.000. The second kappa shape index (κ2) is 15.6. The molecule has 0 radical (unpaired) electrons. The Labute approximate surface area is 214 Å². The second-order valence-electron chi connectivity index (χ2n) is 7.80. The van der Waals surface area contributed by atoms with Crippen molar-refractivity contribution >= 4 is 35.4 Å². The molecule has 36 heavy (non-hydrogen) atoms. The number of carbonyl (C=O) groups is 3. The zero-order valence-electron chi connectivity index (χ0n) is 20.3. The van der Waals surface area contributed by atoms with E-state index >= 15 is 0 Å². The highest BCUT2D eigenvalue weighted by Crippen LogP contribution is 2.19.